The van der Waals surface area contributed by atoms with Crippen molar-refractivity contribution in [3.8, 4) is 0 Å². The second-order valence-corrected chi connectivity index (χ2v) is 4.14. The Hall–Kier alpha value is -1.35. The Morgan fingerprint density at radius 2 is 2.00 bits per heavy atom. The Morgan fingerprint density at radius 3 is 2.53 bits per heavy atom. The van der Waals surface area contributed by atoms with E-state index in [-0.39, 0.29) is 6.54 Å². The Morgan fingerprint density at radius 1 is 1.33 bits per heavy atom. The highest BCUT2D eigenvalue weighted by molar-refractivity contribution is 5.65. The van der Waals surface area contributed by atoms with Gasteiger partial charge in [0.05, 0.1) is 12.0 Å². The Kier molecular flexibility index (Phi) is 3.02. The van der Waals surface area contributed by atoms with Gasteiger partial charge in [0.1, 0.15) is 13.1 Å². The molecule has 1 aromatic rings. The minimum absolute atomic E-state index is 0.125. The van der Waals surface area contributed by atoms with E-state index in [9.17, 15) is 9.90 Å². The van der Waals surface area contributed by atoms with Crippen molar-refractivity contribution in [3.63, 3.8) is 0 Å². The van der Waals surface area contributed by atoms with E-state index in [0.29, 0.717) is 6.04 Å². The summed E-state index contributed by atoms with van der Waals surface area (Å²) in [6.45, 7) is 0.916. The monoisotopic (exact) mass is 205 g/mol. The molecule has 1 aliphatic rings. The molecule has 0 aliphatic heterocycles. The van der Waals surface area contributed by atoms with E-state index < -0.39 is 5.97 Å². The predicted molar refractivity (Wildman–Crippen MR) is 54.0 cm³/mol. The highest BCUT2D eigenvalue weighted by Crippen LogP contribution is 2.15. The van der Waals surface area contributed by atoms with Gasteiger partial charge in [-0.1, -0.05) is 30.3 Å². The second-order valence-electron chi connectivity index (χ2n) is 4.14. The molecule has 0 spiro atoms. The molecule has 0 saturated heterocycles. The zero-order valence-corrected chi connectivity index (χ0v) is 8.61. The smallest absolute Gasteiger partial charge is 0.118 e. The van der Waals surface area contributed by atoms with Gasteiger partial charge in [0, 0.05) is 18.4 Å². The van der Waals surface area contributed by atoms with Crippen LogP contribution in [0.3, 0.4) is 0 Å². The van der Waals surface area contributed by atoms with E-state index in [2.05, 4.69) is 0 Å². The minimum atomic E-state index is -0.951. The molecule has 1 atom stereocenters. The Labute approximate surface area is 89.3 Å². The molecule has 3 nitrogen and oxygen atoms in total. The molecule has 1 aromatic carbocycles. The van der Waals surface area contributed by atoms with Gasteiger partial charge >= 0.3 is 0 Å². The molecule has 0 aromatic heterocycles. The Bertz CT molecular complexity index is 333. The van der Waals surface area contributed by atoms with E-state index in [0.717, 1.165) is 24.3 Å². The number of carboxylic acids is 1. The lowest BCUT2D eigenvalue weighted by Crippen LogP contribution is -3.13. The predicted octanol–water partition coefficient (Wildman–Crippen LogP) is -1.02. The van der Waals surface area contributed by atoms with E-state index >= 15 is 0 Å². The Balaban J connectivity index is 1.97. The van der Waals surface area contributed by atoms with Crippen LogP contribution in [0.2, 0.25) is 0 Å². The van der Waals surface area contributed by atoms with Crippen LogP contribution in [0.4, 0.5) is 0 Å². The van der Waals surface area contributed by atoms with Crippen molar-refractivity contribution in [2.75, 3.05) is 6.54 Å². The van der Waals surface area contributed by atoms with E-state index in [4.69, 9.17) is 0 Å². The number of carboxylic acid groups (broad SMARTS) is 1. The summed E-state index contributed by atoms with van der Waals surface area (Å²) in [7, 11) is 0. The molecule has 0 amide bonds. The fraction of sp³-hybridized carbons (Fsp3) is 0.417. The first kappa shape index (κ1) is 10.2. The normalized spacial score (nSPS) is 17.3. The summed E-state index contributed by atoms with van der Waals surface area (Å²) in [6.07, 6.45) is 2.30. The molecule has 1 aliphatic carbocycles. The van der Waals surface area contributed by atoms with Gasteiger partial charge in [-0.3, -0.25) is 0 Å². The fourth-order valence-corrected chi connectivity index (χ4v) is 1.89. The molecule has 0 radical (unpaired) electrons. The van der Waals surface area contributed by atoms with Crippen molar-refractivity contribution < 1.29 is 14.8 Å². The lowest BCUT2D eigenvalue weighted by atomic mass is 10.2. The third-order valence-corrected chi connectivity index (χ3v) is 2.80. The summed E-state index contributed by atoms with van der Waals surface area (Å²) in [5.74, 6) is -0.951. The summed E-state index contributed by atoms with van der Waals surface area (Å²) in [5.41, 5.74) is 1.20. The first-order chi connectivity index (χ1) is 7.25. The van der Waals surface area contributed by atoms with Crippen LogP contribution in [0.1, 0.15) is 18.4 Å². The quantitative estimate of drug-likeness (QED) is 0.669. The summed E-state index contributed by atoms with van der Waals surface area (Å²) in [6, 6.07) is 10.6. The van der Waals surface area contributed by atoms with Crippen LogP contribution in [0.15, 0.2) is 30.3 Å². The first-order valence-corrected chi connectivity index (χ1v) is 5.34. The number of hydrogen-bond acceptors (Lipinski definition) is 2. The van der Waals surface area contributed by atoms with Crippen molar-refractivity contribution >= 4 is 5.97 Å². The number of hydrogen-bond donors (Lipinski definition) is 1. The van der Waals surface area contributed by atoms with Gasteiger partial charge in [0.15, 0.2) is 0 Å². The standard InChI is InChI=1S/C12H15NO2/c14-12(15)9-13(11-6-7-11)8-10-4-2-1-3-5-10/h1-5,11H,6-9H2,(H,14,15). The summed E-state index contributed by atoms with van der Waals surface area (Å²) >= 11 is 0. The third kappa shape index (κ3) is 3.06. The fourth-order valence-electron chi connectivity index (χ4n) is 1.89. The van der Waals surface area contributed by atoms with Gasteiger partial charge in [0.2, 0.25) is 0 Å². The molecule has 1 saturated carbocycles. The largest absolute Gasteiger partial charge is 0.544 e. The lowest BCUT2D eigenvalue weighted by molar-refractivity contribution is -0.919. The summed E-state index contributed by atoms with van der Waals surface area (Å²) in [5, 5.41) is 10.6. The van der Waals surface area contributed by atoms with Gasteiger partial charge < -0.3 is 14.8 Å². The number of quaternary nitrogens is 1. The van der Waals surface area contributed by atoms with Crippen molar-refractivity contribution in [2.24, 2.45) is 0 Å². The minimum Gasteiger partial charge on any atom is -0.544 e. The SMILES string of the molecule is O=C([O-])C[NH+](Cc1ccccc1)C1CC1. The van der Waals surface area contributed by atoms with E-state index in [1.165, 1.54) is 5.56 Å². The second kappa shape index (κ2) is 4.45. The molecule has 0 bridgehead atoms. The molecule has 1 fully saturated rings. The number of nitrogens with one attached hydrogen (secondary N) is 1. The van der Waals surface area contributed by atoms with E-state index in [1.54, 1.807) is 0 Å². The highest BCUT2D eigenvalue weighted by Gasteiger charge is 2.33. The van der Waals surface area contributed by atoms with Crippen LogP contribution in [0, 0.1) is 0 Å². The molecule has 15 heavy (non-hydrogen) atoms. The van der Waals surface area contributed by atoms with Gasteiger partial charge in [-0.2, -0.15) is 0 Å². The molecule has 1 N–H and O–H groups in total. The van der Waals surface area contributed by atoms with Gasteiger partial charge in [-0.15, -0.1) is 0 Å². The van der Waals surface area contributed by atoms with Crippen molar-refractivity contribution in [1.82, 2.24) is 0 Å². The molecule has 2 rings (SSSR count). The van der Waals surface area contributed by atoms with Crippen LogP contribution in [-0.2, 0) is 11.3 Å². The van der Waals surface area contributed by atoms with Crippen LogP contribution in [0.5, 0.6) is 0 Å². The lowest BCUT2D eigenvalue weighted by Gasteiger charge is -2.19. The first-order valence-electron chi connectivity index (χ1n) is 5.34. The number of aliphatic carboxylic acids is 1. The molecular weight excluding hydrogens is 190 g/mol. The van der Waals surface area contributed by atoms with Gasteiger partial charge in [-0.05, 0) is 0 Å². The van der Waals surface area contributed by atoms with Gasteiger partial charge in [0.25, 0.3) is 0 Å². The maximum absolute atomic E-state index is 10.6. The van der Waals surface area contributed by atoms with Crippen molar-refractivity contribution in [1.29, 1.82) is 0 Å². The molecule has 3 heteroatoms. The van der Waals surface area contributed by atoms with Gasteiger partial charge in [-0.25, -0.2) is 0 Å². The zero-order chi connectivity index (χ0) is 10.7. The summed E-state index contributed by atoms with van der Waals surface area (Å²) in [4.78, 5) is 11.7. The molecule has 80 valence electrons. The maximum Gasteiger partial charge on any atom is 0.118 e. The molecular formula is C12H15NO2. The number of carbonyl (C=O) groups is 1. The van der Waals surface area contributed by atoms with Crippen LogP contribution >= 0.6 is 0 Å². The zero-order valence-electron chi connectivity index (χ0n) is 8.61. The topological polar surface area (TPSA) is 44.6 Å². The average molecular weight is 205 g/mol. The van der Waals surface area contributed by atoms with Crippen molar-refractivity contribution in [3.05, 3.63) is 35.9 Å². The summed E-state index contributed by atoms with van der Waals surface area (Å²) < 4.78 is 0. The highest BCUT2D eigenvalue weighted by atomic mass is 16.4. The average Bonchev–Trinajstić information content (AvgIpc) is 3.01. The van der Waals surface area contributed by atoms with Crippen molar-refractivity contribution in [2.45, 2.75) is 25.4 Å². The number of carbonyl (C=O) groups excluding carboxylic acids is 1. The van der Waals surface area contributed by atoms with Crippen LogP contribution in [0.25, 0.3) is 0 Å². The maximum atomic E-state index is 10.6. The third-order valence-electron chi connectivity index (χ3n) is 2.80. The van der Waals surface area contributed by atoms with E-state index in [1.807, 2.05) is 30.3 Å². The van der Waals surface area contributed by atoms with Crippen LogP contribution in [-0.4, -0.2) is 18.6 Å². The van der Waals surface area contributed by atoms with Crippen LogP contribution < -0.4 is 10.0 Å². The number of rotatable bonds is 5. The molecule has 1 unspecified atom stereocenters. The number of benzene rings is 1. The molecule has 0 heterocycles.